The second kappa shape index (κ2) is 5.92. The third-order valence-electron chi connectivity index (χ3n) is 2.77. The second-order valence-corrected chi connectivity index (χ2v) is 3.98. The van der Waals surface area contributed by atoms with Crippen molar-refractivity contribution in [3.8, 4) is 0 Å². The van der Waals surface area contributed by atoms with Crippen molar-refractivity contribution >= 4 is 12.1 Å². The third-order valence-corrected chi connectivity index (χ3v) is 2.77. The normalized spacial score (nSPS) is 11.0. The Kier molecular flexibility index (Phi) is 4.02. The lowest BCUT2D eigenvalue weighted by Gasteiger charge is -2.14. The summed E-state index contributed by atoms with van der Waals surface area (Å²) in [7, 11) is 0. The first-order valence-corrected chi connectivity index (χ1v) is 5.95. The van der Waals surface area contributed by atoms with Crippen molar-refractivity contribution in [1.29, 1.82) is 0 Å². The SMILES string of the molecule is CC=NC(=O)C(c1ccccc1)c1ccccc1. The van der Waals surface area contributed by atoms with Crippen LogP contribution in [0, 0.1) is 0 Å². The van der Waals surface area contributed by atoms with Crippen molar-refractivity contribution in [2.24, 2.45) is 4.99 Å². The Morgan fingerprint density at radius 1 is 0.944 bits per heavy atom. The van der Waals surface area contributed by atoms with Gasteiger partial charge in [-0.05, 0) is 18.1 Å². The van der Waals surface area contributed by atoms with Gasteiger partial charge >= 0.3 is 0 Å². The molecule has 2 nitrogen and oxygen atoms in total. The molecule has 90 valence electrons. The van der Waals surface area contributed by atoms with Crippen molar-refractivity contribution in [2.75, 3.05) is 0 Å². The highest BCUT2D eigenvalue weighted by Gasteiger charge is 2.21. The maximum Gasteiger partial charge on any atom is 0.257 e. The van der Waals surface area contributed by atoms with Crippen LogP contribution in [0.2, 0.25) is 0 Å². The Hall–Kier alpha value is -2.22. The molecule has 0 saturated heterocycles. The minimum Gasteiger partial charge on any atom is -0.272 e. The van der Waals surface area contributed by atoms with Gasteiger partial charge < -0.3 is 0 Å². The molecule has 18 heavy (non-hydrogen) atoms. The van der Waals surface area contributed by atoms with Gasteiger partial charge in [-0.1, -0.05) is 60.7 Å². The molecule has 0 N–H and O–H groups in total. The van der Waals surface area contributed by atoms with Crippen LogP contribution in [0.25, 0.3) is 0 Å². The summed E-state index contributed by atoms with van der Waals surface area (Å²) in [6.07, 6.45) is 1.54. The van der Waals surface area contributed by atoms with E-state index in [9.17, 15) is 4.79 Å². The summed E-state index contributed by atoms with van der Waals surface area (Å²) in [5.74, 6) is -0.446. The van der Waals surface area contributed by atoms with Crippen LogP contribution in [-0.2, 0) is 4.79 Å². The minimum absolute atomic E-state index is 0.130. The largest absolute Gasteiger partial charge is 0.272 e. The van der Waals surface area contributed by atoms with Crippen molar-refractivity contribution in [2.45, 2.75) is 12.8 Å². The molecule has 0 aliphatic rings. The molecule has 0 bridgehead atoms. The van der Waals surface area contributed by atoms with Gasteiger partial charge in [-0.25, -0.2) is 4.99 Å². The fraction of sp³-hybridized carbons (Fsp3) is 0.125. The highest BCUT2D eigenvalue weighted by atomic mass is 16.1. The quantitative estimate of drug-likeness (QED) is 0.752. The van der Waals surface area contributed by atoms with Crippen molar-refractivity contribution < 1.29 is 4.79 Å². The van der Waals surface area contributed by atoms with Gasteiger partial charge in [-0.15, -0.1) is 0 Å². The Morgan fingerprint density at radius 2 is 1.39 bits per heavy atom. The monoisotopic (exact) mass is 237 g/mol. The molecule has 0 aliphatic carbocycles. The van der Waals surface area contributed by atoms with E-state index in [1.807, 2.05) is 60.7 Å². The van der Waals surface area contributed by atoms with Crippen molar-refractivity contribution in [3.63, 3.8) is 0 Å². The number of hydrogen-bond acceptors (Lipinski definition) is 1. The van der Waals surface area contributed by atoms with Crippen LogP contribution in [-0.4, -0.2) is 12.1 Å². The van der Waals surface area contributed by atoms with E-state index in [0.717, 1.165) is 11.1 Å². The zero-order chi connectivity index (χ0) is 12.8. The maximum atomic E-state index is 12.1. The summed E-state index contributed by atoms with van der Waals surface area (Å²) in [5.41, 5.74) is 1.94. The number of aliphatic imine (C=N–C) groups is 1. The molecular weight excluding hydrogens is 222 g/mol. The zero-order valence-corrected chi connectivity index (χ0v) is 10.3. The predicted molar refractivity (Wildman–Crippen MR) is 73.9 cm³/mol. The van der Waals surface area contributed by atoms with E-state index in [1.165, 1.54) is 0 Å². The van der Waals surface area contributed by atoms with Gasteiger partial charge in [0.15, 0.2) is 0 Å². The molecule has 0 aliphatic heterocycles. The Balaban J connectivity index is 2.45. The van der Waals surface area contributed by atoms with Gasteiger partial charge in [-0.2, -0.15) is 0 Å². The topological polar surface area (TPSA) is 29.4 Å². The third kappa shape index (κ3) is 2.72. The van der Waals surface area contributed by atoms with E-state index in [-0.39, 0.29) is 11.8 Å². The summed E-state index contributed by atoms with van der Waals surface area (Å²) in [5, 5.41) is 0. The smallest absolute Gasteiger partial charge is 0.257 e. The summed E-state index contributed by atoms with van der Waals surface area (Å²) >= 11 is 0. The van der Waals surface area contributed by atoms with Gasteiger partial charge in [0, 0.05) is 6.21 Å². The Morgan fingerprint density at radius 3 is 1.78 bits per heavy atom. The van der Waals surface area contributed by atoms with Gasteiger partial charge in [-0.3, -0.25) is 4.79 Å². The molecule has 0 atom stereocenters. The lowest BCUT2D eigenvalue weighted by atomic mass is 9.91. The van der Waals surface area contributed by atoms with E-state index in [1.54, 1.807) is 13.1 Å². The molecule has 0 spiro atoms. The van der Waals surface area contributed by atoms with E-state index < -0.39 is 0 Å². The number of rotatable bonds is 3. The van der Waals surface area contributed by atoms with E-state index in [2.05, 4.69) is 4.99 Å². The molecule has 0 heterocycles. The number of carbonyl (C=O) groups excluding carboxylic acids is 1. The Bertz CT molecular complexity index is 492. The molecule has 2 heteroatoms. The molecule has 0 unspecified atom stereocenters. The molecule has 0 radical (unpaired) electrons. The average Bonchev–Trinajstić information content (AvgIpc) is 2.42. The predicted octanol–water partition coefficient (Wildman–Crippen LogP) is 3.44. The van der Waals surface area contributed by atoms with Gasteiger partial charge in [0.2, 0.25) is 0 Å². The highest BCUT2D eigenvalue weighted by molar-refractivity contribution is 5.92. The number of nitrogens with zero attached hydrogens (tertiary/aromatic N) is 1. The number of carbonyl (C=O) groups is 1. The van der Waals surface area contributed by atoms with Gasteiger partial charge in [0.25, 0.3) is 5.91 Å². The molecule has 0 saturated carbocycles. The fourth-order valence-corrected chi connectivity index (χ4v) is 1.97. The zero-order valence-electron chi connectivity index (χ0n) is 10.3. The van der Waals surface area contributed by atoms with E-state index in [4.69, 9.17) is 0 Å². The molecular formula is C16H15NO. The Labute approximate surface area is 107 Å². The standard InChI is InChI=1S/C16H15NO/c1-2-17-16(18)15(13-9-5-3-6-10-13)14-11-7-4-8-12-14/h2-12,15H,1H3. The molecule has 2 aromatic rings. The lowest BCUT2D eigenvalue weighted by Crippen LogP contribution is -2.11. The number of hydrogen-bond donors (Lipinski definition) is 0. The van der Waals surface area contributed by atoms with Crippen molar-refractivity contribution in [1.82, 2.24) is 0 Å². The first-order chi connectivity index (χ1) is 8.83. The van der Waals surface area contributed by atoms with Gasteiger partial charge in [0.05, 0.1) is 5.92 Å². The highest BCUT2D eigenvalue weighted by Crippen LogP contribution is 2.25. The van der Waals surface area contributed by atoms with Crippen LogP contribution in [0.1, 0.15) is 24.0 Å². The van der Waals surface area contributed by atoms with E-state index >= 15 is 0 Å². The first kappa shape index (κ1) is 12.2. The van der Waals surface area contributed by atoms with Crippen LogP contribution in [0.3, 0.4) is 0 Å². The summed E-state index contributed by atoms with van der Waals surface area (Å²) in [6.45, 7) is 1.75. The van der Waals surface area contributed by atoms with Crippen LogP contribution < -0.4 is 0 Å². The minimum atomic E-state index is -0.316. The van der Waals surface area contributed by atoms with Crippen molar-refractivity contribution in [3.05, 3.63) is 71.8 Å². The fourth-order valence-electron chi connectivity index (χ4n) is 1.97. The lowest BCUT2D eigenvalue weighted by molar-refractivity contribution is -0.118. The van der Waals surface area contributed by atoms with Crippen LogP contribution >= 0.6 is 0 Å². The molecule has 0 aromatic heterocycles. The van der Waals surface area contributed by atoms with E-state index in [0.29, 0.717) is 0 Å². The average molecular weight is 237 g/mol. The van der Waals surface area contributed by atoms with Gasteiger partial charge in [0.1, 0.15) is 0 Å². The molecule has 2 aromatic carbocycles. The van der Waals surface area contributed by atoms with Crippen LogP contribution in [0.15, 0.2) is 65.7 Å². The second-order valence-electron chi connectivity index (χ2n) is 3.98. The first-order valence-electron chi connectivity index (χ1n) is 5.95. The number of benzene rings is 2. The van der Waals surface area contributed by atoms with Crippen LogP contribution in [0.4, 0.5) is 0 Å². The maximum absolute atomic E-state index is 12.1. The van der Waals surface area contributed by atoms with Crippen LogP contribution in [0.5, 0.6) is 0 Å². The summed E-state index contributed by atoms with van der Waals surface area (Å²) in [4.78, 5) is 16.1. The summed E-state index contributed by atoms with van der Waals surface area (Å²) < 4.78 is 0. The number of amides is 1. The molecule has 0 fully saturated rings. The molecule has 1 amide bonds. The molecule has 2 rings (SSSR count). The summed E-state index contributed by atoms with van der Waals surface area (Å²) in [6, 6.07) is 19.5.